The third-order valence-corrected chi connectivity index (χ3v) is 2.99. The van der Waals surface area contributed by atoms with Crippen LogP contribution in [0.4, 0.5) is 4.39 Å². The molecule has 1 rings (SSSR count). The maximum atomic E-state index is 13.5. The van der Waals surface area contributed by atoms with Crippen molar-refractivity contribution in [2.24, 2.45) is 5.92 Å². The van der Waals surface area contributed by atoms with Crippen molar-refractivity contribution in [1.29, 1.82) is 0 Å². The standard InChI is InChI=1S/C15H20FNO4/c1-9(2)7-13(18)14(19)17-12(15(20)21)8-10-5-3-4-6-11(10)16/h3-6,9,12-13,18H,7-8H2,1-2H3,(H,17,19)(H,20,21)/t12-,13+/m1/s1. The number of carbonyl (C=O) groups is 2. The summed E-state index contributed by atoms with van der Waals surface area (Å²) in [5, 5.41) is 21.0. The number of aliphatic hydroxyl groups is 1. The van der Waals surface area contributed by atoms with Crippen LogP contribution in [0.2, 0.25) is 0 Å². The van der Waals surface area contributed by atoms with Crippen LogP contribution >= 0.6 is 0 Å². The van der Waals surface area contributed by atoms with E-state index in [1.165, 1.54) is 18.2 Å². The average molecular weight is 297 g/mol. The summed E-state index contributed by atoms with van der Waals surface area (Å²) in [6.07, 6.45) is -1.22. The van der Waals surface area contributed by atoms with E-state index >= 15 is 0 Å². The van der Waals surface area contributed by atoms with E-state index in [1.807, 2.05) is 13.8 Å². The van der Waals surface area contributed by atoms with Crippen molar-refractivity contribution in [3.8, 4) is 0 Å². The van der Waals surface area contributed by atoms with Gasteiger partial charge in [0, 0.05) is 6.42 Å². The number of hydrogen-bond acceptors (Lipinski definition) is 3. The third-order valence-electron chi connectivity index (χ3n) is 2.99. The molecule has 6 heteroatoms. The van der Waals surface area contributed by atoms with Gasteiger partial charge in [-0.1, -0.05) is 32.0 Å². The van der Waals surface area contributed by atoms with Gasteiger partial charge in [0.25, 0.3) is 0 Å². The van der Waals surface area contributed by atoms with E-state index in [2.05, 4.69) is 5.32 Å². The maximum Gasteiger partial charge on any atom is 0.326 e. The Morgan fingerprint density at radius 3 is 2.43 bits per heavy atom. The number of carbonyl (C=O) groups excluding carboxylic acids is 1. The number of rotatable bonds is 7. The predicted octanol–water partition coefficient (Wildman–Crippen LogP) is 1.34. The van der Waals surface area contributed by atoms with Gasteiger partial charge in [0.1, 0.15) is 18.0 Å². The molecule has 3 N–H and O–H groups in total. The van der Waals surface area contributed by atoms with Crippen molar-refractivity contribution in [3.05, 3.63) is 35.6 Å². The van der Waals surface area contributed by atoms with Crippen molar-refractivity contribution in [2.45, 2.75) is 38.8 Å². The van der Waals surface area contributed by atoms with Crippen LogP contribution in [0.15, 0.2) is 24.3 Å². The molecule has 5 nitrogen and oxygen atoms in total. The van der Waals surface area contributed by atoms with Crippen LogP contribution < -0.4 is 5.32 Å². The summed E-state index contributed by atoms with van der Waals surface area (Å²) in [5.74, 6) is -2.46. The second-order valence-electron chi connectivity index (χ2n) is 5.34. The monoisotopic (exact) mass is 297 g/mol. The Morgan fingerprint density at radius 2 is 1.90 bits per heavy atom. The number of carboxylic acid groups (broad SMARTS) is 1. The molecule has 0 aliphatic heterocycles. The molecule has 21 heavy (non-hydrogen) atoms. The Labute approximate surface area is 122 Å². The van der Waals surface area contributed by atoms with Crippen LogP contribution in [-0.2, 0) is 16.0 Å². The first-order chi connectivity index (χ1) is 9.81. The van der Waals surface area contributed by atoms with Crippen molar-refractivity contribution >= 4 is 11.9 Å². The predicted molar refractivity (Wildman–Crippen MR) is 75.1 cm³/mol. The quantitative estimate of drug-likeness (QED) is 0.709. The lowest BCUT2D eigenvalue weighted by Crippen LogP contribution is -2.47. The van der Waals surface area contributed by atoms with Gasteiger partial charge in [-0.25, -0.2) is 9.18 Å². The molecule has 0 saturated carbocycles. The van der Waals surface area contributed by atoms with Gasteiger partial charge >= 0.3 is 5.97 Å². The molecule has 116 valence electrons. The van der Waals surface area contributed by atoms with Gasteiger partial charge in [0.05, 0.1) is 0 Å². The fourth-order valence-electron chi connectivity index (χ4n) is 1.91. The van der Waals surface area contributed by atoms with Crippen LogP contribution in [0.1, 0.15) is 25.8 Å². The Morgan fingerprint density at radius 1 is 1.29 bits per heavy atom. The van der Waals surface area contributed by atoms with E-state index < -0.39 is 29.8 Å². The summed E-state index contributed by atoms with van der Waals surface area (Å²) < 4.78 is 13.5. The lowest BCUT2D eigenvalue weighted by atomic mass is 10.0. The highest BCUT2D eigenvalue weighted by Crippen LogP contribution is 2.10. The molecule has 0 unspecified atom stereocenters. The molecule has 0 bridgehead atoms. The number of aliphatic carboxylic acids is 1. The molecule has 0 spiro atoms. The molecule has 0 aromatic heterocycles. The molecule has 1 aromatic carbocycles. The van der Waals surface area contributed by atoms with Crippen LogP contribution in [0, 0.1) is 11.7 Å². The van der Waals surface area contributed by atoms with Crippen LogP contribution in [-0.4, -0.2) is 34.2 Å². The first-order valence-corrected chi connectivity index (χ1v) is 6.76. The molecule has 0 radical (unpaired) electrons. The Hall–Kier alpha value is -1.95. The zero-order chi connectivity index (χ0) is 16.0. The smallest absolute Gasteiger partial charge is 0.326 e. The molecular weight excluding hydrogens is 277 g/mol. The van der Waals surface area contributed by atoms with Gasteiger partial charge in [-0.3, -0.25) is 4.79 Å². The fourth-order valence-corrected chi connectivity index (χ4v) is 1.91. The van der Waals surface area contributed by atoms with E-state index in [4.69, 9.17) is 5.11 Å². The van der Waals surface area contributed by atoms with Gasteiger partial charge in [0.15, 0.2) is 0 Å². The number of nitrogens with one attached hydrogen (secondary N) is 1. The minimum absolute atomic E-state index is 0.0978. The molecule has 0 fully saturated rings. The topological polar surface area (TPSA) is 86.6 Å². The fraction of sp³-hybridized carbons (Fsp3) is 0.467. The molecule has 1 aromatic rings. The zero-order valence-electron chi connectivity index (χ0n) is 12.0. The first kappa shape index (κ1) is 17.1. The summed E-state index contributed by atoms with van der Waals surface area (Å²) in [5.41, 5.74) is 0.198. The molecule has 0 aliphatic rings. The van der Waals surface area contributed by atoms with E-state index in [1.54, 1.807) is 6.07 Å². The van der Waals surface area contributed by atoms with Crippen molar-refractivity contribution in [3.63, 3.8) is 0 Å². The van der Waals surface area contributed by atoms with Gasteiger partial charge in [0.2, 0.25) is 5.91 Å². The summed E-state index contributed by atoms with van der Waals surface area (Å²) in [6.45, 7) is 3.68. The van der Waals surface area contributed by atoms with E-state index in [0.717, 1.165) is 0 Å². The third kappa shape index (κ3) is 5.51. The van der Waals surface area contributed by atoms with E-state index in [-0.39, 0.29) is 24.3 Å². The molecule has 2 atom stereocenters. The van der Waals surface area contributed by atoms with E-state index in [0.29, 0.717) is 0 Å². The van der Waals surface area contributed by atoms with Gasteiger partial charge in [-0.2, -0.15) is 0 Å². The molecule has 0 saturated heterocycles. The van der Waals surface area contributed by atoms with Crippen LogP contribution in [0.3, 0.4) is 0 Å². The second kappa shape index (κ2) is 7.73. The largest absolute Gasteiger partial charge is 0.480 e. The summed E-state index contributed by atoms with van der Waals surface area (Å²) in [7, 11) is 0. The highest BCUT2D eigenvalue weighted by molar-refractivity contribution is 5.86. The van der Waals surface area contributed by atoms with Crippen LogP contribution in [0.5, 0.6) is 0 Å². The van der Waals surface area contributed by atoms with Gasteiger partial charge in [-0.15, -0.1) is 0 Å². The number of carboxylic acids is 1. The van der Waals surface area contributed by atoms with Gasteiger partial charge < -0.3 is 15.5 Å². The first-order valence-electron chi connectivity index (χ1n) is 6.76. The molecule has 1 amide bonds. The summed E-state index contributed by atoms with van der Waals surface area (Å²) in [4.78, 5) is 22.9. The number of benzene rings is 1. The molecular formula is C15H20FNO4. The summed E-state index contributed by atoms with van der Waals surface area (Å²) >= 11 is 0. The molecule has 0 heterocycles. The van der Waals surface area contributed by atoms with Gasteiger partial charge in [-0.05, 0) is 24.0 Å². The minimum atomic E-state index is -1.28. The highest BCUT2D eigenvalue weighted by atomic mass is 19.1. The lowest BCUT2D eigenvalue weighted by molar-refractivity contribution is -0.143. The van der Waals surface area contributed by atoms with E-state index in [9.17, 15) is 19.1 Å². The molecule has 0 aliphatic carbocycles. The van der Waals surface area contributed by atoms with Crippen molar-refractivity contribution in [1.82, 2.24) is 5.32 Å². The maximum absolute atomic E-state index is 13.5. The van der Waals surface area contributed by atoms with Crippen molar-refractivity contribution < 1.29 is 24.2 Å². The lowest BCUT2D eigenvalue weighted by Gasteiger charge is -2.18. The normalized spacial score (nSPS) is 13.8. The zero-order valence-corrected chi connectivity index (χ0v) is 12.0. The average Bonchev–Trinajstić information content (AvgIpc) is 2.39. The Bertz CT molecular complexity index is 504. The number of hydrogen-bond donors (Lipinski definition) is 3. The number of aliphatic hydroxyl groups excluding tert-OH is 1. The Balaban J connectivity index is 2.73. The minimum Gasteiger partial charge on any atom is -0.480 e. The number of halogens is 1. The Kier molecular flexibility index (Phi) is 6.30. The SMILES string of the molecule is CC(C)C[C@H](O)C(=O)N[C@H](Cc1ccccc1F)C(=O)O. The van der Waals surface area contributed by atoms with Crippen LogP contribution in [0.25, 0.3) is 0 Å². The number of amides is 1. The second-order valence-corrected chi connectivity index (χ2v) is 5.34. The highest BCUT2D eigenvalue weighted by Gasteiger charge is 2.25. The van der Waals surface area contributed by atoms with Crippen molar-refractivity contribution in [2.75, 3.05) is 0 Å². The summed E-state index contributed by atoms with van der Waals surface area (Å²) in [6, 6.07) is 4.49.